The molecule has 0 aliphatic carbocycles. The van der Waals surface area contributed by atoms with E-state index < -0.39 is 5.51 Å². The Kier molecular flexibility index (Phi) is 4.77. The predicted octanol–water partition coefficient (Wildman–Crippen LogP) is 4.94. The molecule has 0 spiro atoms. The van der Waals surface area contributed by atoms with Crippen molar-refractivity contribution in [3.63, 3.8) is 0 Å². The van der Waals surface area contributed by atoms with Crippen LogP contribution in [0, 0.1) is 11.8 Å². The van der Waals surface area contributed by atoms with E-state index in [9.17, 15) is 13.2 Å². The third kappa shape index (κ3) is 3.47. The van der Waals surface area contributed by atoms with Crippen molar-refractivity contribution in [1.29, 1.82) is 0 Å². The van der Waals surface area contributed by atoms with E-state index in [-0.39, 0.29) is 16.8 Å². The molecular formula is C12H9BrF3NS. The van der Waals surface area contributed by atoms with Gasteiger partial charge in [0.2, 0.25) is 0 Å². The maximum atomic E-state index is 12.5. The van der Waals surface area contributed by atoms with Crippen molar-refractivity contribution in [2.24, 2.45) is 0 Å². The van der Waals surface area contributed by atoms with Crippen molar-refractivity contribution < 1.29 is 13.2 Å². The second-order valence-electron chi connectivity index (χ2n) is 3.13. The summed E-state index contributed by atoms with van der Waals surface area (Å²) in [6.07, 6.45) is 1.30. The van der Waals surface area contributed by atoms with E-state index >= 15 is 0 Å². The van der Waals surface area contributed by atoms with Crippen LogP contribution in [0.1, 0.15) is 18.2 Å². The molecule has 1 nitrogen and oxygen atoms in total. The Bertz CT molecular complexity index is 546. The topological polar surface area (TPSA) is 4.93 Å². The molecule has 0 atom stereocenters. The summed E-state index contributed by atoms with van der Waals surface area (Å²) in [4.78, 5) is 0. The van der Waals surface area contributed by atoms with Gasteiger partial charge in [-0.3, -0.25) is 0 Å². The van der Waals surface area contributed by atoms with Gasteiger partial charge in [-0.2, -0.15) is 13.2 Å². The van der Waals surface area contributed by atoms with Crippen LogP contribution in [0.15, 0.2) is 24.3 Å². The van der Waals surface area contributed by atoms with Crippen molar-refractivity contribution in [3.05, 3.63) is 30.5 Å². The number of hydrogen-bond acceptors (Lipinski definition) is 1. The Morgan fingerprint density at radius 2 is 2.17 bits per heavy atom. The van der Waals surface area contributed by atoms with E-state index in [0.29, 0.717) is 15.7 Å². The predicted molar refractivity (Wildman–Crippen MR) is 73.2 cm³/mol. The highest BCUT2D eigenvalue weighted by molar-refractivity contribution is 9.15. The molecule has 96 valence electrons. The highest BCUT2D eigenvalue weighted by Crippen LogP contribution is 2.41. The fourth-order valence-corrected chi connectivity index (χ4v) is 2.35. The summed E-state index contributed by atoms with van der Waals surface area (Å²) in [6.45, 7) is 8.73. The summed E-state index contributed by atoms with van der Waals surface area (Å²) in [7, 11) is 0. The lowest BCUT2D eigenvalue weighted by Crippen LogP contribution is -2.03. The molecule has 0 saturated heterocycles. The van der Waals surface area contributed by atoms with Gasteiger partial charge < -0.3 is 4.57 Å². The summed E-state index contributed by atoms with van der Waals surface area (Å²) in [5.74, 6) is 5.24. The highest BCUT2D eigenvalue weighted by Gasteiger charge is 2.33. The molecule has 0 aliphatic heterocycles. The lowest BCUT2D eigenvalue weighted by molar-refractivity contribution is -0.0330. The van der Waals surface area contributed by atoms with Crippen molar-refractivity contribution >= 4 is 38.4 Å². The van der Waals surface area contributed by atoms with Crippen molar-refractivity contribution in [3.8, 4) is 11.8 Å². The van der Waals surface area contributed by atoms with Crippen LogP contribution < -0.4 is 0 Å². The molecule has 0 amide bonds. The van der Waals surface area contributed by atoms with Gasteiger partial charge in [-0.05, 0) is 28.9 Å². The third-order valence-electron chi connectivity index (χ3n) is 1.92. The Labute approximate surface area is 116 Å². The van der Waals surface area contributed by atoms with Gasteiger partial charge >= 0.3 is 5.51 Å². The van der Waals surface area contributed by atoms with Crippen LogP contribution in [0.2, 0.25) is 0 Å². The maximum Gasteiger partial charge on any atom is 0.447 e. The molecule has 0 bridgehead atoms. The summed E-state index contributed by atoms with van der Waals surface area (Å²) >= 11 is 2.93. The monoisotopic (exact) mass is 335 g/mol. The summed E-state index contributed by atoms with van der Waals surface area (Å²) in [5.41, 5.74) is -3.58. The van der Waals surface area contributed by atoms with Crippen LogP contribution >= 0.6 is 27.7 Å². The zero-order valence-electron chi connectivity index (χ0n) is 9.44. The summed E-state index contributed by atoms with van der Waals surface area (Å²) < 4.78 is 39.3. The van der Waals surface area contributed by atoms with Crippen molar-refractivity contribution in [1.82, 2.24) is 4.57 Å². The molecule has 1 aromatic heterocycles. The number of halogens is 4. The molecule has 0 unspecified atom stereocenters. The fraction of sp³-hybridized carbons (Fsp3) is 0.167. The Hall–Kier alpha value is -1.06. The number of hydrogen-bond donors (Lipinski definition) is 0. The third-order valence-corrected chi connectivity index (χ3v) is 3.17. The second-order valence-corrected chi connectivity index (χ2v) is 5.14. The van der Waals surface area contributed by atoms with E-state index in [0.717, 1.165) is 0 Å². The number of alkyl halides is 3. The average Bonchev–Trinajstić information content (AvgIpc) is 2.55. The molecule has 6 heteroatoms. The largest absolute Gasteiger partial charge is 0.447 e. The van der Waals surface area contributed by atoms with E-state index in [1.807, 2.05) is 0 Å². The zero-order valence-corrected chi connectivity index (χ0v) is 11.8. The molecule has 0 aliphatic rings. The first kappa shape index (κ1) is 15.0. The molecule has 0 aromatic carbocycles. The minimum Gasteiger partial charge on any atom is -0.310 e. The van der Waals surface area contributed by atoms with Gasteiger partial charge in [0.1, 0.15) is 5.03 Å². The van der Waals surface area contributed by atoms with E-state index in [1.165, 1.54) is 10.8 Å². The Morgan fingerprint density at radius 1 is 1.56 bits per heavy atom. The number of nitrogens with zero attached hydrogens (tertiary/aromatic N) is 1. The first-order valence-corrected chi connectivity index (χ1v) is 6.32. The molecule has 1 heterocycles. The molecule has 0 radical (unpaired) electrons. The van der Waals surface area contributed by atoms with Crippen LogP contribution in [0.3, 0.4) is 0 Å². The molecular weight excluding hydrogens is 327 g/mol. The smallest absolute Gasteiger partial charge is 0.310 e. The molecule has 18 heavy (non-hydrogen) atoms. The SMILES string of the molecule is C=Cn1c(C(=C)Br)cc(C#CC)c1SC(F)(F)F. The van der Waals surface area contributed by atoms with E-state index in [2.05, 4.69) is 40.9 Å². The van der Waals surface area contributed by atoms with Crippen molar-refractivity contribution in [2.45, 2.75) is 17.5 Å². The van der Waals surface area contributed by atoms with Crippen LogP contribution in [0.5, 0.6) is 0 Å². The minimum atomic E-state index is -4.38. The van der Waals surface area contributed by atoms with Crippen LogP contribution in [-0.2, 0) is 0 Å². The van der Waals surface area contributed by atoms with Gasteiger partial charge in [0.15, 0.2) is 0 Å². The molecule has 1 aromatic rings. The van der Waals surface area contributed by atoms with Gasteiger partial charge in [0.05, 0.1) is 11.3 Å². The van der Waals surface area contributed by atoms with Gasteiger partial charge in [0.25, 0.3) is 0 Å². The number of aromatic nitrogens is 1. The quantitative estimate of drug-likeness (QED) is 0.559. The van der Waals surface area contributed by atoms with E-state index in [1.54, 1.807) is 13.0 Å². The Balaban J connectivity index is 3.46. The summed E-state index contributed by atoms with van der Waals surface area (Å²) in [5, 5.41) is -0.0116. The first-order valence-electron chi connectivity index (χ1n) is 4.71. The standard InChI is InChI=1S/C12H9BrF3NS/c1-4-6-9-7-10(8(3)13)17(5-2)11(9)18-12(14,15)16/h5,7H,2-3H2,1H3. The lowest BCUT2D eigenvalue weighted by atomic mass is 10.3. The zero-order chi connectivity index (χ0) is 13.9. The van der Waals surface area contributed by atoms with E-state index in [4.69, 9.17) is 0 Å². The maximum absolute atomic E-state index is 12.5. The van der Waals surface area contributed by atoms with Gasteiger partial charge in [-0.15, -0.1) is 5.92 Å². The van der Waals surface area contributed by atoms with Crippen LogP contribution in [0.25, 0.3) is 10.7 Å². The van der Waals surface area contributed by atoms with Crippen molar-refractivity contribution in [2.75, 3.05) is 0 Å². The second kappa shape index (κ2) is 5.72. The molecule has 1 rings (SSSR count). The lowest BCUT2D eigenvalue weighted by Gasteiger charge is -2.09. The minimum absolute atomic E-state index is 0.0116. The average molecular weight is 336 g/mol. The van der Waals surface area contributed by atoms with Crippen LogP contribution in [0.4, 0.5) is 13.2 Å². The first-order chi connectivity index (χ1) is 8.30. The molecule has 0 saturated carbocycles. The van der Waals surface area contributed by atoms with Gasteiger partial charge in [-0.25, -0.2) is 0 Å². The number of rotatable bonds is 3. The molecule has 0 N–H and O–H groups in total. The Morgan fingerprint density at radius 3 is 2.56 bits per heavy atom. The summed E-state index contributed by atoms with van der Waals surface area (Å²) in [6, 6.07) is 1.54. The highest BCUT2D eigenvalue weighted by atomic mass is 79.9. The van der Waals surface area contributed by atoms with Crippen LogP contribution in [-0.4, -0.2) is 10.1 Å². The normalized spacial score (nSPS) is 10.7. The molecule has 0 fully saturated rings. The van der Waals surface area contributed by atoms with Gasteiger partial charge in [-0.1, -0.05) is 19.1 Å². The fourth-order valence-electron chi connectivity index (χ4n) is 1.34. The van der Waals surface area contributed by atoms with Gasteiger partial charge in [0, 0.05) is 22.4 Å². The number of thioether (sulfide) groups is 1.